The van der Waals surface area contributed by atoms with E-state index in [2.05, 4.69) is 24.8 Å². The second-order valence-electron chi connectivity index (χ2n) is 7.66. The molecule has 0 spiro atoms. The summed E-state index contributed by atoms with van der Waals surface area (Å²) in [6, 6.07) is 2.13. The van der Waals surface area contributed by atoms with E-state index in [0.717, 1.165) is 29.5 Å². The summed E-state index contributed by atoms with van der Waals surface area (Å²) >= 11 is 1.08. The summed E-state index contributed by atoms with van der Waals surface area (Å²) in [5, 5.41) is 3.62. The van der Waals surface area contributed by atoms with Gasteiger partial charge >= 0.3 is 19.2 Å². The van der Waals surface area contributed by atoms with Gasteiger partial charge in [-0.05, 0) is 26.0 Å². The summed E-state index contributed by atoms with van der Waals surface area (Å²) in [5.41, 5.74) is -0.804. The minimum Gasteiger partial charge on any atom is -0.465 e. The van der Waals surface area contributed by atoms with E-state index in [-0.39, 0.29) is 10.4 Å². The molecule has 2 aromatic rings. The van der Waals surface area contributed by atoms with Crippen molar-refractivity contribution in [2.24, 2.45) is 4.99 Å². The Balaban J connectivity index is 1.92. The monoisotopic (exact) mass is 530 g/mol. The summed E-state index contributed by atoms with van der Waals surface area (Å²) in [6.45, 7) is -3.05. The maximum atomic E-state index is 13.3. The van der Waals surface area contributed by atoms with Crippen molar-refractivity contribution in [1.82, 2.24) is 15.2 Å². The summed E-state index contributed by atoms with van der Waals surface area (Å²) < 4.78 is 64.2. The number of thiazole rings is 1. The zero-order chi connectivity index (χ0) is 26.6. The highest BCUT2D eigenvalue weighted by molar-refractivity contribution is 7.13. The molecule has 0 saturated carbocycles. The van der Waals surface area contributed by atoms with Crippen molar-refractivity contribution in [1.29, 1.82) is 0 Å². The van der Waals surface area contributed by atoms with Gasteiger partial charge in [0.15, 0.2) is 0 Å². The molecule has 0 saturated heterocycles. The second-order valence-corrected chi connectivity index (χ2v) is 8.69. The van der Waals surface area contributed by atoms with Crippen LogP contribution in [0.1, 0.15) is 38.9 Å². The Morgan fingerprint density at radius 3 is 2.28 bits per heavy atom. The molecule has 0 bridgehead atoms. The lowest BCUT2D eigenvalue weighted by molar-refractivity contribution is -0.0543. The van der Waals surface area contributed by atoms with Gasteiger partial charge in [0, 0.05) is 31.1 Å². The van der Waals surface area contributed by atoms with E-state index in [1.165, 1.54) is 31.5 Å². The minimum absolute atomic E-state index is 0.220. The number of carbonyl (C=O) groups excluding carboxylic acids is 2. The molecule has 2 atom stereocenters. The van der Waals surface area contributed by atoms with Gasteiger partial charge in [-0.3, -0.25) is 9.79 Å². The normalized spacial score (nSPS) is 17.9. The van der Waals surface area contributed by atoms with Crippen molar-refractivity contribution in [3.05, 3.63) is 52.2 Å². The van der Waals surface area contributed by atoms with Crippen molar-refractivity contribution in [2.75, 3.05) is 14.2 Å². The summed E-state index contributed by atoms with van der Waals surface area (Å²) in [5.74, 6) is -2.29. The lowest BCUT2D eigenvalue weighted by Crippen LogP contribution is -2.54. The topological polar surface area (TPSA) is 102 Å². The van der Waals surface area contributed by atoms with Gasteiger partial charge in [-0.2, -0.15) is 17.6 Å². The molecular weight excluding hydrogens is 508 g/mol. The van der Waals surface area contributed by atoms with Crippen LogP contribution in [-0.2, 0) is 10.3 Å². The van der Waals surface area contributed by atoms with Crippen LogP contribution in [-0.4, -0.2) is 60.9 Å². The number of nitrogens with zero attached hydrogens (tertiary/aromatic N) is 3. The molecule has 9 nitrogen and oxygen atoms in total. The molecule has 2 heterocycles. The number of ether oxygens (including phenoxy) is 3. The number of aromatic nitrogens is 1. The van der Waals surface area contributed by atoms with Crippen LogP contribution in [0, 0.1) is 0 Å². The molecule has 36 heavy (non-hydrogen) atoms. The van der Waals surface area contributed by atoms with Gasteiger partial charge in [0.25, 0.3) is 5.91 Å². The Morgan fingerprint density at radius 1 is 1.11 bits per heavy atom. The van der Waals surface area contributed by atoms with Crippen molar-refractivity contribution in [2.45, 2.75) is 38.7 Å². The number of aliphatic imine (C=N–C) groups is 1. The van der Waals surface area contributed by atoms with Crippen LogP contribution >= 0.6 is 11.3 Å². The van der Waals surface area contributed by atoms with Crippen LogP contribution in [0.15, 0.2) is 41.8 Å². The smallest absolute Gasteiger partial charge is 0.387 e. The van der Waals surface area contributed by atoms with E-state index in [1.54, 1.807) is 20.0 Å². The Kier molecular flexibility index (Phi) is 8.17. The molecule has 1 N–H and O–H groups in total. The fourth-order valence-electron chi connectivity index (χ4n) is 3.52. The van der Waals surface area contributed by atoms with E-state index in [9.17, 15) is 27.2 Å². The third-order valence-corrected chi connectivity index (χ3v) is 6.57. The van der Waals surface area contributed by atoms with Crippen LogP contribution in [0.2, 0.25) is 0 Å². The number of rotatable bonds is 9. The number of hydrogen-bond acceptors (Lipinski definition) is 9. The average molecular weight is 531 g/mol. The molecule has 1 aromatic carbocycles. The molecule has 0 fully saturated rings. The standard InChI is InChI=1S/C22H22F4N4O5S/c1-11(16-22(2,29-6-5-27-16)19-28-10-15(36-19)18(32)33-4)30(3)17(31)12-7-13(34-20(23)24)9-14(8-12)35-21(25)26/h5-11,20-21,29H,1-4H3. The van der Waals surface area contributed by atoms with Gasteiger partial charge < -0.3 is 24.4 Å². The van der Waals surface area contributed by atoms with Gasteiger partial charge in [-0.15, -0.1) is 11.3 Å². The highest BCUT2D eigenvalue weighted by Gasteiger charge is 2.41. The van der Waals surface area contributed by atoms with Gasteiger partial charge in [0.05, 0.1) is 25.1 Å². The first-order valence-corrected chi connectivity index (χ1v) is 11.1. The molecular formula is C22H22F4N4O5S. The predicted octanol–water partition coefficient (Wildman–Crippen LogP) is 4.02. The Morgan fingerprint density at radius 2 is 1.72 bits per heavy atom. The molecule has 3 rings (SSSR count). The Bertz CT molecular complexity index is 1160. The Labute approximate surface area is 207 Å². The number of carbonyl (C=O) groups is 2. The van der Waals surface area contributed by atoms with E-state index in [0.29, 0.717) is 10.7 Å². The minimum atomic E-state index is -3.24. The first kappa shape index (κ1) is 26.9. The SMILES string of the molecule is COC(=O)c1cnc(C2(C)NC=CN=C2C(C)N(C)C(=O)c2cc(OC(F)F)cc(OC(F)F)c2)s1. The predicted molar refractivity (Wildman–Crippen MR) is 122 cm³/mol. The highest BCUT2D eigenvalue weighted by Crippen LogP contribution is 2.32. The third kappa shape index (κ3) is 5.75. The van der Waals surface area contributed by atoms with Gasteiger partial charge in [-0.25, -0.2) is 9.78 Å². The van der Waals surface area contributed by atoms with Crippen molar-refractivity contribution >= 4 is 28.9 Å². The fraction of sp³-hybridized carbons (Fsp3) is 0.364. The molecule has 1 amide bonds. The summed E-state index contributed by atoms with van der Waals surface area (Å²) in [7, 11) is 2.68. The number of alkyl halides is 4. The molecule has 14 heteroatoms. The number of amides is 1. The highest BCUT2D eigenvalue weighted by atomic mass is 32.1. The van der Waals surface area contributed by atoms with E-state index >= 15 is 0 Å². The number of halogens is 4. The van der Waals surface area contributed by atoms with Gasteiger partial charge in [-0.1, -0.05) is 0 Å². The lowest BCUT2D eigenvalue weighted by Gasteiger charge is -2.38. The van der Waals surface area contributed by atoms with Crippen molar-refractivity contribution in [3.63, 3.8) is 0 Å². The van der Waals surface area contributed by atoms with Crippen molar-refractivity contribution < 1.29 is 41.4 Å². The summed E-state index contributed by atoms with van der Waals surface area (Å²) in [6.07, 6.45) is 4.43. The van der Waals surface area contributed by atoms with E-state index < -0.39 is 48.2 Å². The maximum absolute atomic E-state index is 13.3. The van der Waals surface area contributed by atoms with Crippen LogP contribution < -0.4 is 14.8 Å². The maximum Gasteiger partial charge on any atom is 0.387 e. The molecule has 1 aliphatic rings. The van der Waals surface area contributed by atoms with Gasteiger partial charge in [0.1, 0.15) is 26.9 Å². The first-order valence-electron chi connectivity index (χ1n) is 10.3. The zero-order valence-corrected chi connectivity index (χ0v) is 20.3. The molecule has 2 unspecified atom stereocenters. The number of hydrogen-bond donors (Lipinski definition) is 1. The second kappa shape index (κ2) is 10.9. The number of methoxy groups -OCH3 is 1. The largest absolute Gasteiger partial charge is 0.465 e. The molecule has 1 aliphatic heterocycles. The Hall–Kier alpha value is -3.68. The fourth-order valence-corrected chi connectivity index (χ4v) is 4.48. The average Bonchev–Trinajstić information content (AvgIpc) is 3.32. The molecule has 1 aromatic heterocycles. The van der Waals surface area contributed by atoms with Crippen molar-refractivity contribution in [3.8, 4) is 11.5 Å². The van der Waals surface area contributed by atoms with E-state index in [1.807, 2.05) is 0 Å². The van der Waals surface area contributed by atoms with Crippen LogP contribution in [0.25, 0.3) is 0 Å². The molecule has 0 aliphatic carbocycles. The molecule has 0 radical (unpaired) electrons. The number of esters is 1. The zero-order valence-electron chi connectivity index (χ0n) is 19.5. The van der Waals surface area contributed by atoms with Crippen LogP contribution in [0.5, 0.6) is 11.5 Å². The summed E-state index contributed by atoms with van der Waals surface area (Å²) in [4.78, 5) is 35.4. The van der Waals surface area contributed by atoms with Crippen LogP contribution in [0.3, 0.4) is 0 Å². The first-order chi connectivity index (χ1) is 17.0. The number of benzene rings is 1. The van der Waals surface area contributed by atoms with E-state index in [4.69, 9.17) is 4.74 Å². The quantitative estimate of drug-likeness (QED) is 0.386. The lowest BCUT2D eigenvalue weighted by atomic mass is 9.89. The number of nitrogens with one attached hydrogen (secondary N) is 1. The van der Waals surface area contributed by atoms with Crippen LogP contribution in [0.4, 0.5) is 17.6 Å². The van der Waals surface area contributed by atoms with Gasteiger partial charge in [0.2, 0.25) is 0 Å². The molecule has 194 valence electrons. The third-order valence-electron chi connectivity index (χ3n) is 5.37.